The maximum absolute atomic E-state index is 13.2. The maximum atomic E-state index is 13.2. The van der Waals surface area contributed by atoms with Crippen LogP contribution in [0.25, 0.3) is 11.1 Å². The summed E-state index contributed by atoms with van der Waals surface area (Å²) in [7, 11) is 0. The van der Waals surface area contributed by atoms with E-state index < -0.39 is 0 Å². The first-order valence-electron chi connectivity index (χ1n) is 7.36. The van der Waals surface area contributed by atoms with E-state index in [-0.39, 0.29) is 11.5 Å². The first kappa shape index (κ1) is 15.6. The number of nitriles is 1. The van der Waals surface area contributed by atoms with Crippen molar-refractivity contribution in [2.75, 3.05) is 0 Å². The Labute approximate surface area is 139 Å². The molecule has 4 nitrogen and oxygen atoms in total. The molecule has 0 bridgehead atoms. The van der Waals surface area contributed by atoms with Gasteiger partial charge in [-0.25, -0.2) is 9.37 Å². The highest BCUT2D eigenvalue weighted by Gasteiger charge is 2.10. The average Bonchev–Trinajstić information content (AvgIpc) is 2.60. The van der Waals surface area contributed by atoms with Crippen molar-refractivity contribution in [2.24, 2.45) is 0 Å². The molecule has 0 aliphatic carbocycles. The minimum atomic E-state index is -0.317. The summed E-state index contributed by atoms with van der Waals surface area (Å²) >= 11 is 0. The second kappa shape index (κ2) is 6.88. The van der Waals surface area contributed by atoms with Gasteiger partial charge >= 0.3 is 0 Å². The second-order valence-electron chi connectivity index (χ2n) is 5.28. The molecule has 0 N–H and O–H groups in total. The summed E-state index contributed by atoms with van der Waals surface area (Å²) < 4.78 is 19.0. The fraction of sp³-hybridized carbons (Fsp3) is 0.105. The smallest absolute Gasteiger partial charge is 0.146 e. The standard InChI is InChI=1S/C19H14FN3O/c1-13-8-14(6-7-22-13)12-24-19-11-23-17(10-21)9-18(19)15-2-4-16(20)5-3-15/h2-9,11H,12H2,1H3. The molecule has 0 radical (unpaired) electrons. The van der Waals surface area contributed by atoms with Gasteiger partial charge in [-0.3, -0.25) is 4.98 Å². The Morgan fingerprint density at radius 2 is 1.92 bits per heavy atom. The van der Waals surface area contributed by atoms with E-state index in [2.05, 4.69) is 9.97 Å². The van der Waals surface area contributed by atoms with E-state index in [9.17, 15) is 4.39 Å². The van der Waals surface area contributed by atoms with E-state index in [1.807, 2.05) is 25.1 Å². The van der Waals surface area contributed by atoms with Gasteiger partial charge < -0.3 is 4.74 Å². The van der Waals surface area contributed by atoms with Gasteiger partial charge in [-0.2, -0.15) is 5.26 Å². The Hall–Kier alpha value is -3.26. The van der Waals surface area contributed by atoms with Gasteiger partial charge in [-0.1, -0.05) is 12.1 Å². The molecule has 0 saturated carbocycles. The van der Waals surface area contributed by atoms with Gasteiger partial charge in [0.2, 0.25) is 0 Å². The number of aryl methyl sites for hydroxylation is 1. The molecule has 0 aliphatic rings. The molecule has 2 heterocycles. The van der Waals surface area contributed by atoms with Crippen molar-refractivity contribution in [1.82, 2.24) is 9.97 Å². The van der Waals surface area contributed by atoms with Gasteiger partial charge in [0.15, 0.2) is 0 Å². The van der Waals surface area contributed by atoms with Crippen LogP contribution in [0.15, 0.2) is 54.9 Å². The Kier molecular flexibility index (Phi) is 4.48. The van der Waals surface area contributed by atoms with Crippen LogP contribution >= 0.6 is 0 Å². The van der Waals surface area contributed by atoms with Crippen molar-refractivity contribution in [3.63, 3.8) is 0 Å². The molecule has 118 valence electrons. The van der Waals surface area contributed by atoms with E-state index in [4.69, 9.17) is 10.00 Å². The fourth-order valence-electron chi connectivity index (χ4n) is 2.33. The number of benzene rings is 1. The third-order valence-electron chi connectivity index (χ3n) is 3.49. The lowest BCUT2D eigenvalue weighted by molar-refractivity contribution is 0.306. The first-order chi connectivity index (χ1) is 11.7. The number of rotatable bonds is 4. The van der Waals surface area contributed by atoms with Crippen molar-refractivity contribution in [3.05, 3.63) is 77.6 Å². The number of hydrogen-bond acceptors (Lipinski definition) is 4. The maximum Gasteiger partial charge on any atom is 0.146 e. The molecule has 0 spiro atoms. The van der Waals surface area contributed by atoms with Crippen LogP contribution < -0.4 is 4.74 Å². The van der Waals surface area contributed by atoms with Crippen LogP contribution in [0.3, 0.4) is 0 Å². The van der Waals surface area contributed by atoms with Crippen LogP contribution in [-0.2, 0) is 6.61 Å². The minimum Gasteiger partial charge on any atom is -0.487 e. The average molecular weight is 319 g/mol. The third kappa shape index (κ3) is 3.55. The third-order valence-corrected chi connectivity index (χ3v) is 3.49. The lowest BCUT2D eigenvalue weighted by Crippen LogP contribution is -1.99. The van der Waals surface area contributed by atoms with Gasteiger partial charge in [-0.15, -0.1) is 0 Å². The SMILES string of the molecule is Cc1cc(COc2cnc(C#N)cc2-c2ccc(F)cc2)ccn1. The molecule has 0 amide bonds. The topological polar surface area (TPSA) is 58.8 Å². The lowest BCUT2D eigenvalue weighted by atomic mass is 10.1. The molecular formula is C19H14FN3O. The largest absolute Gasteiger partial charge is 0.487 e. The van der Waals surface area contributed by atoms with Crippen LogP contribution in [0.2, 0.25) is 0 Å². The predicted octanol–water partition coefficient (Wildman–Crippen LogP) is 4.04. The normalized spacial score (nSPS) is 10.2. The molecule has 2 aromatic heterocycles. The van der Waals surface area contributed by atoms with Crippen molar-refractivity contribution >= 4 is 0 Å². The van der Waals surface area contributed by atoms with Crippen molar-refractivity contribution in [1.29, 1.82) is 5.26 Å². The Morgan fingerprint density at radius 3 is 2.62 bits per heavy atom. The second-order valence-corrected chi connectivity index (χ2v) is 5.28. The highest BCUT2D eigenvalue weighted by Crippen LogP contribution is 2.30. The monoisotopic (exact) mass is 319 g/mol. The van der Waals surface area contributed by atoms with Crippen LogP contribution in [0.4, 0.5) is 4.39 Å². The molecule has 0 saturated heterocycles. The summed E-state index contributed by atoms with van der Waals surface area (Å²) in [6.07, 6.45) is 3.25. The highest BCUT2D eigenvalue weighted by molar-refractivity contribution is 5.70. The summed E-state index contributed by atoms with van der Waals surface area (Å²) in [6, 6.07) is 13.5. The Morgan fingerprint density at radius 1 is 1.12 bits per heavy atom. The van der Waals surface area contributed by atoms with Crippen LogP contribution in [0, 0.1) is 24.1 Å². The molecule has 0 fully saturated rings. The van der Waals surface area contributed by atoms with Gasteiger partial charge in [0.25, 0.3) is 0 Å². The molecule has 0 aliphatic heterocycles. The van der Waals surface area contributed by atoms with Crippen molar-refractivity contribution in [2.45, 2.75) is 13.5 Å². The predicted molar refractivity (Wildman–Crippen MR) is 87.7 cm³/mol. The molecule has 1 aromatic carbocycles. The Balaban J connectivity index is 1.92. The summed E-state index contributed by atoms with van der Waals surface area (Å²) in [5.74, 6) is 0.220. The zero-order valence-corrected chi connectivity index (χ0v) is 13.0. The summed E-state index contributed by atoms with van der Waals surface area (Å²) in [4.78, 5) is 8.21. The van der Waals surface area contributed by atoms with Gasteiger partial charge in [0.05, 0.1) is 6.20 Å². The van der Waals surface area contributed by atoms with Gasteiger partial charge in [0, 0.05) is 17.5 Å². The molecule has 24 heavy (non-hydrogen) atoms. The van der Waals surface area contributed by atoms with Crippen LogP contribution in [0.1, 0.15) is 17.0 Å². The summed E-state index contributed by atoms with van der Waals surface area (Å²) in [6.45, 7) is 2.27. The molecular weight excluding hydrogens is 305 g/mol. The molecule has 0 unspecified atom stereocenters. The number of nitrogens with zero attached hydrogens (tertiary/aromatic N) is 3. The quantitative estimate of drug-likeness (QED) is 0.728. The zero-order chi connectivity index (χ0) is 16.9. The number of pyridine rings is 2. The van der Waals surface area contributed by atoms with Gasteiger partial charge in [-0.05, 0) is 48.4 Å². The first-order valence-corrected chi connectivity index (χ1v) is 7.36. The van der Waals surface area contributed by atoms with E-state index in [0.717, 1.165) is 16.8 Å². The van der Waals surface area contributed by atoms with Crippen molar-refractivity contribution < 1.29 is 9.13 Å². The highest BCUT2D eigenvalue weighted by atomic mass is 19.1. The van der Waals surface area contributed by atoms with Crippen LogP contribution in [-0.4, -0.2) is 9.97 Å². The number of halogens is 1. The molecule has 0 atom stereocenters. The van der Waals surface area contributed by atoms with E-state index in [1.165, 1.54) is 18.3 Å². The number of ether oxygens (including phenoxy) is 1. The summed E-state index contributed by atoms with van der Waals surface area (Å²) in [5, 5.41) is 9.06. The molecule has 5 heteroatoms. The number of hydrogen-bond donors (Lipinski definition) is 0. The number of aromatic nitrogens is 2. The fourth-order valence-corrected chi connectivity index (χ4v) is 2.33. The van der Waals surface area contributed by atoms with E-state index >= 15 is 0 Å². The Bertz CT molecular complexity index is 901. The van der Waals surface area contributed by atoms with Gasteiger partial charge in [0.1, 0.15) is 29.9 Å². The summed E-state index contributed by atoms with van der Waals surface area (Å²) in [5.41, 5.74) is 3.63. The van der Waals surface area contributed by atoms with E-state index in [1.54, 1.807) is 24.4 Å². The lowest BCUT2D eigenvalue weighted by Gasteiger charge is -2.12. The van der Waals surface area contributed by atoms with Crippen molar-refractivity contribution in [3.8, 4) is 22.9 Å². The molecule has 3 rings (SSSR count). The van der Waals surface area contributed by atoms with Crippen LogP contribution in [0.5, 0.6) is 5.75 Å². The van der Waals surface area contributed by atoms with E-state index in [0.29, 0.717) is 17.9 Å². The minimum absolute atomic E-state index is 0.279. The molecule has 3 aromatic rings. The zero-order valence-electron chi connectivity index (χ0n) is 13.0.